The van der Waals surface area contributed by atoms with Crippen LogP contribution in [0.4, 0.5) is 5.69 Å². The van der Waals surface area contributed by atoms with Crippen LogP contribution in [0.2, 0.25) is 10.0 Å². The number of hydrazone groups is 1. The van der Waals surface area contributed by atoms with Gasteiger partial charge in [0.15, 0.2) is 0 Å². The van der Waals surface area contributed by atoms with E-state index in [2.05, 4.69) is 15.8 Å². The lowest BCUT2D eigenvalue weighted by molar-refractivity contribution is -0.126. The Morgan fingerprint density at radius 1 is 0.857 bits per heavy atom. The lowest BCUT2D eigenvalue weighted by Crippen LogP contribution is -2.24. The summed E-state index contributed by atoms with van der Waals surface area (Å²) in [7, 11) is 0. The monoisotopic (exact) mass is 505 g/mol. The Labute approximate surface area is 212 Å². The van der Waals surface area contributed by atoms with Crippen LogP contribution in [0.1, 0.15) is 17.5 Å². The maximum atomic E-state index is 12.3. The minimum Gasteiger partial charge on any atom is -0.488 e. The van der Waals surface area contributed by atoms with Gasteiger partial charge in [-0.3, -0.25) is 9.59 Å². The second-order valence-corrected chi connectivity index (χ2v) is 8.43. The van der Waals surface area contributed by atoms with Crippen LogP contribution in [-0.4, -0.2) is 18.0 Å². The molecule has 2 N–H and O–H groups in total. The fourth-order valence-corrected chi connectivity index (χ4v) is 3.70. The van der Waals surface area contributed by atoms with Gasteiger partial charge in [0, 0.05) is 11.3 Å². The molecule has 0 heterocycles. The number of nitrogens with one attached hydrogen (secondary N) is 2. The van der Waals surface area contributed by atoms with Crippen LogP contribution in [0.3, 0.4) is 0 Å². The van der Waals surface area contributed by atoms with Crippen molar-refractivity contribution in [2.45, 2.75) is 13.0 Å². The Balaban J connectivity index is 1.43. The van der Waals surface area contributed by atoms with Crippen molar-refractivity contribution >= 4 is 57.7 Å². The Morgan fingerprint density at radius 3 is 2.43 bits per heavy atom. The van der Waals surface area contributed by atoms with Gasteiger partial charge in [-0.05, 0) is 40.6 Å². The third-order valence-corrected chi connectivity index (χ3v) is 5.81. The van der Waals surface area contributed by atoms with E-state index >= 15 is 0 Å². The smallest absolute Gasteiger partial charge is 0.249 e. The fourth-order valence-electron chi connectivity index (χ4n) is 3.40. The van der Waals surface area contributed by atoms with Crippen LogP contribution in [0.25, 0.3) is 10.8 Å². The van der Waals surface area contributed by atoms with Crippen molar-refractivity contribution in [1.29, 1.82) is 0 Å². The Hall–Kier alpha value is -3.87. The molecule has 6 nitrogen and oxygen atoms in total. The average Bonchev–Trinajstić information content (AvgIpc) is 2.86. The highest BCUT2D eigenvalue weighted by Crippen LogP contribution is 2.28. The molecule has 8 heteroatoms. The van der Waals surface area contributed by atoms with Crippen LogP contribution in [-0.2, 0) is 16.2 Å². The minimum atomic E-state index is -0.564. The summed E-state index contributed by atoms with van der Waals surface area (Å²) in [5.41, 5.74) is 4.60. The molecule has 0 bridgehead atoms. The number of anilines is 1. The summed E-state index contributed by atoms with van der Waals surface area (Å²) in [6.07, 6.45) is 1.11. The highest BCUT2D eigenvalue weighted by atomic mass is 35.5. The normalized spacial score (nSPS) is 10.9. The molecule has 0 atom stereocenters. The molecule has 35 heavy (non-hydrogen) atoms. The molecule has 4 aromatic carbocycles. The molecular weight excluding hydrogens is 485 g/mol. The van der Waals surface area contributed by atoms with Crippen molar-refractivity contribution in [3.63, 3.8) is 0 Å². The van der Waals surface area contributed by atoms with Crippen LogP contribution in [0.5, 0.6) is 5.75 Å². The zero-order chi connectivity index (χ0) is 24.6. The molecule has 0 unspecified atom stereocenters. The molecular formula is C27H21Cl2N3O3. The maximum absolute atomic E-state index is 12.3. The molecule has 4 aromatic rings. The lowest BCUT2D eigenvalue weighted by atomic mass is 10.0. The van der Waals surface area contributed by atoms with Gasteiger partial charge in [-0.25, -0.2) is 5.43 Å². The second kappa shape index (κ2) is 11.5. The van der Waals surface area contributed by atoms with Gasteiger partial charge in [-0.1, -0.05) is 83.9 Å². The summed E-state index contributed by atoms with van der Waals surface area (Å²) in [6.45, 7) is 0.390. The predicted molar refractivity (Wildman–Crippen MR) is 140 cm³/mol. The van der Waals surface area contributed by atoms with E-state index in [-0.39, 0.29) is 0 Å². The first kappa shape index (κ1) is 24.3. The third kappa shape index (κ3) is 6.59. The van der Waals surface area contributed by atoms with Crippen LogP contribution in [0, 0.1) is 0 Å². The van der Waals surface area contributed by atoms with E-state index in [4.69, 9.17) is 27.9 Å². The summed E-state index contributed by atoms with van der Waals surface area (Å²) in [6, 6.07) is 26.1. The molecule has 0 aliphatic rings. The number of hydrogen-bond donors (Lipinski definition) is 2. The summed E-state index contributed by atoms with van der Waals surface area (Å²) >= 11 is 11.8. The number of amides is 2. The number of nitrogens with zero attached hydrogens (tertiary/aromatic N) is 1. The van der Waals surface area contributed by atoms with Gasteiger partial charge in [-0.2, -0.15) is 5.10 Å². The fraction of sp³-hybridized carbons (Fsp3) is 0.0741. The van der Waals surface area contributed by atoms with E-state index < -0.39 is 18.2 Å². The topological polar surface area (TPSA) is 79.8 Å². The van der Waals surface area contributed by atoms with Crippen LogP contribution >= 0.6 is 23.2 Å². The lowest BCUT2D eigenvalue weighted by Gasteiger charge is -2.12. The van der Waals surface area contributed by atoms with E-state index in [0.29, 0.717) is 28.1 Å². The van der Waals surface area contributed by atoms with Gasteiger partial charge in [0.25, 0.3) is 0 Å². The molecule has 4 rings (SSSR count). The highest BCUT2D eigenvalue weighted by molar-refractivity contribution is 6.42. The van der Waals surface area contributed by atoms with E-state index in [9.17, 15) is 9.59 Å². The van der Waals surface area contributed by atoms with Gasteiger partial charge in [0.05, 0.1) is 16.3 Å². The van der Waals surface area contributed by atoms with Crippen molar-refractivity contribution < 1.29 is 14.3 Å². The molecule has 0 radical (unpaired) electrons. The van der Waals surface area contributed by atoms with Crippen molar-refractivity contribution in [2.75, 3.05) is 5.32 Å². The second-order valence-electron chi connectivity index (χ2n) is 7.62. The summed E-state index contributed by atoms with van der Waals surface area (Å²) < 4.78 is 6.05. The zero-order valence-corrected chi connectivity index (χ0v) is 20.0. The molecule has 0 spiro atoms. The molecule has 0 aliphatic carbocycles. The predicted octanol–water partition coefficient (Wildman–Crippen LogP) is 6.20. The van der Waals surface area contributed by atoms with Gasteiger partial charge < -0.3 is 10.1 Å². The van der Waals surface area contributed by atoms with Crippen LogP contribution in [0.15, 0.2) is 90.0 Å². The Kier molecular flexibility index (Phi) is 7.98. The van der Waals surface area contributed by atoms with E-state index in [1.165, 1.54) is 12.3 Å². The number of ether oxygens (including phenoxy) is 1. The van der Waals surface area contributed by atoms with Crippen molar-refractivity contribution in [3.05, 3.63) is 106 Å². The first-order chi connectivity index (χ1) is 17.0. The molecule has 176 valence electrons. The van der Waals surface area contributed by atoms with Gasteiger partial charge in [-0.15, -0.1) is 0 Å². The van der Waals surface area contributed by atoms with Gasteiger partial charge in [0.2, 0.25) is 11.8 Å². The number of carbonyl (C=O) groups is 2. The Bertz CT molecular complexity index is 1390. The number of halogens is 2. The van der Waals surface area contributed by atoms with E-state index in [1.54, 1.807) is 12.1 Å². The summed E-state index contributed by atoms with van der Waals surface area (Å²) in [5, 5.41) is 9.28. The number of rotatable bonds is 8. The zero-order valence-electron chi connectivity index (χ0n) is 18.5. The Morgan fingerprint density at radius 2 is 1.63 bits per heavy atom. The summed E-state index contributed by atoms with van der Waals surface area (Å²) in [5.74, 6) is -0.443. The third-order valence-electron chi connectivity index (χ3n) is 5.08. The first-order valence-electron chi connectivity index (χ1n) is 10.7. The highest BCUT2D eigenvalue weighted by Gasteiger charge is 2.11. The van der Waals surface area contributed by atoms with E-state index in [0.717, 1.165) is 21.9 Å². The van der Waals surface area contributed by atoms with Crippen molar-refractivity contribution in [1.82, 2.24) is 5.43 Å². The summed E-state index contributed by atoms with van der Waals surface area (Å²) in [4.78, 5) is 24.4. The number of carbonyl (C=O) groups excluding carboxylic acids is 2. The van der Waals surface area contributed by atoms with Crippen LogP contribution < -0.4 is 15.5 Å². The molecule has 2 amide bonds. The number of fused-ring (bicyclic) bond motifs is 1. The largest absolute Gasteiger partial charge is 0.488 e. The maximum Gasteiger partial charge on any atom is 0.249 e. The van der Waals surface area contributed by atoms with Crippen molar-refractivity contribution in [3.8, 4) is 5.75 Å². The molecule has 0 aliphatic heterocycles. The molecule has 0 saturated heterocycles. The molecule has 0 fully saturated rings. The van der Waals surface area contributed by atoms with Gasteiger partial charge in [0.1, 0.15) is 18.8 Å². The standard InChI is InChI=1S/C27H21Cl2N3O3/c28-23-12-11-20(14-24(23)29)31-26(33)15-27(34)32-30-16-22-21-9-5-4-8-19(21)10-13-25(22)35-17-18-6-2-1-3-7-18/h1-14,16H,15,17H2,(H,31,33)(H,32,34). The first-order valence-corrected chi connectivity index (χ1v) is 11.5. The van der Waals surface area contributed by atoms with Gasteiger partial charge >= 0.3 is 0 Å². The minimum absolute atomic E-state index is 0.305. The SMILES string of the molecule is O=C(CC(=O)Nc1ccc(Cl)c(Cl)c1)NN=Cc1c(OCc2ccccc2)ccc2ccccc12. The van der Waals surface area contributed by atoms with Crippen molar-refractivity contribution in [2.24, 2.45) is 5.10 Å². The molecule has 0 saturated carbocycles. The van der Waals surface area contributed by atoms with E-state index in [1.807, 2.05) is 66.7 Å². The average molecular weight is 506 g/mol. The number of benzene rings is 4. The quantitative estimate of drug-likeness (QED) is 0.170. The molecule has 0 aromatic heterocycles. The number of hydrogen-bond acceptors (Lipinski definition) is 4.